The van der Waals surface area contributed by atoms with E-state index < -0.39 is 29.4 Å². The molecule has 192 valence electrons. The lowest BCUT2D eigenvalue weighted by atomic mass is 10.2. The molecule has 0 saturated carbocycles. The second-order valence-electron chi connectivity index (χ2n) is 8.73. The fourth-order valence-electron chi connectivity index (χ4n) is 4.37. The van der Waals surface area contributed by atoms with E-state index in [1.54, 1.807) is 54.9 Å². The summed E-state index contributed by atoms with van der Waals surface area (Å²) in [5.41, 5.74) is 2.34. The molecule has 0 radical (unpaired) electrons. The molecule has 9 nitrogen and oxygen atoms in total. The third kappa shape index (κ3) is 4.41. The number of rotatable bonds is 5. The van der Waals surface area contributed by atoms with Crippen molar-refractivity contribution in [3.8, 4) is 0 Å². The predicted molar refractivity (Wildman–Crippen MR) is 143 cm³/mol. The molecule has 0 bridgehead atoms. The van der Waals surface area contributed by atoms with Gasteiger partial charge in [0, 0.05) is 11.4 Å². The molecule has 4 aromatic rings. The van der Waals surface area contributed by atoms with Crippen LogP contribution in [-0.2, 0) is 9.59 Å². The van der Waals surface area contributed by atoms with Gasteiger partial charge in [0.05, 0.1) is 21.5 Å². The Kier molecular flexibility index (Phi) is 6.45. The number of carbonyl (C=O) groups excluding carboxylic acids is 3. The zero-order valence-electron chi connectivity index (χ0n) is 20.7. The summed E-state index contributed by atoms with van der Waals surface area (Å²) in [6.45, 7) is 4.81. The first-order chi connectivity index (χ1) is 18.2. The van der Waals surface area contributed by atoms with Gasteiger partial charge in [0.15, 0.2) is 0 Å². The number of hydrogen-bond acceptors (Lipinski definition) is 6. The molecule has 0 atom stereocenters. The lowest BCUT2D eigenvalue weighted by molar-refractivity contribution is -0.127. The first kappa shape index (κ1) is 25.2. The molecule has 5 rings (SSSR count). The number of para-hydroxylation sites is 2. The second kappa shape index (κ2) is 9.75. The van der Waals surface area contributed by atoms with Crippen LogP contribution in [0.1, 0.15) is 22.8 Å². The fourth-order valence-corrected chi connectivity index (χ4v) is 5.20. The topological polar surface area (TPSA) is 106 Å². The molecule has 2 aromatic carbocycles. The van der Waals surface area contributed by atoms with E-state index in [1.165, 1.54) is 22.9 Å². The number of nitrogens with zero attached hydrogens (tertiary/aromatic N) is 4. The van der Waals surface area contributed by atoms with Gasteiger partial charge in [-0.2, -0.15) is 4.68 Å². The van der Waals surface area contributed by atoms with Gasteiger partial charge in [-0.3, -0.25) is 28.8 Å². The Hall–Kier alpha value is -4.51. The first-order valence-corrected chi connectivity index (χ1v) is 12.4. The Balaban J connectivity index is 1.43. The van der Waals surface area contributed by atoms with Crippen LogP contribution in [0.5, 0.6) is 0 Å². The molecule has 1 fully saturated rings. The number of thioether (sulfide) groups is 1. The van der Waals surface area contributed by atoms with E-state index in [1.807, 2.05) is 13.0 Å². The van der Waals surface area contributed by atoms with Crippen LogP contribution < -0.4 is 10.9 Å². The highest BCUT2D eigenvalue weighted by atomic mass is 32.2. The molecule has 1 aliphatic heterocycles. The highest BCUT2D eigenvalue weighted by molar-refractivity contribution is 8.18. The van der Waals surface area contributed by atoms with Gasteiger partial charge in [0.2, 0.25) is 5.91 Å². The number of halogens is 1. The average Bonchev–Trinajstić information content (AvgIpc) is 3.30. The largest absolute Gasteiger partial charge is 0.322 e. The Morgan fingerprint density at radius 3 is 2.50 bits per heavy atom. The van der Waals surface area contributed by atoms with Crippen molar-refractivity contribution in [3.05, 3.63) is 98.4 Å². The normalized spacial score (nSPS) is 14.6. The monoisotopic (exact) mass is 531 g/mol. The Morgan fingerprint density at radius 1 is 1.03 bits per heavy atom. The highest BCUT2D eigenvalue weighted by Gasteiger charge is 2.36. The molecule has 1 N–H and O–H groups in total. The number of fused-ring (bicyclic) bond motifs is 1. The summed E-state index contributed by atoms with van der Waals surface area (Å²) < 4.78 is 17.0. The van der Waals surface area contributed by atoms with Gasteiger partial charge in [-0.15, -0.1) is 0 Å². The summed E-state index contributed by atoms with van der Waals surface area (Å²) in [4.78, 5) is 56.8. The minimum atomic E-state index is -0.699. The standard InChI is InChI=1S/C27H22FN5O4S/c1-15-12-18(16(2)32(15)33-17(3)29-21-10-6-4-8-19(21)25(33)35)13-23-26(36)31(27(37)38-23)14-24(34)30-22-11-7-5-9-20(22)28/h4-13H,14H2,1-3H3,(H,30,34). The number of anilines is 1. The van der Waals surface area contributed by atoms with E-state index in [4.69, 9.17) is 0 Å². The molecule has 0 unspecified atom stereocenters. The maximum absolute atomic E-state index is 13.8. The van der Waals surface area contributed by atoms with E-state index >= 15 is 0 Å². The van der Waals surface area contributed by atoms with Crippen LogP contribution >= 0.6 is 11.8 Å². The van der Waals surface area contributed by atoms with Gasteiger partial charge in [-0.1, -0.05) is 24.3 Å². The van der Waals surface area contributed by atoms with Crippen LogP contribution in [0.2, 0.25) is 0 Å². The van der Waals surface area contributed by atoms with Crippen molar-refractivity contribution in [1.82, 2.24) is 19.2 Å². The number of amides is 3. The van der Waals surface area contributed by atoms with Crippen LogP contribution in [0.3, 0.4) is 0 Å². The SMILES string of the molecule is Cc1cc(C=C2SC(=O)N(CC(=O)Nc3ccccc3F)C2=O)c(C)n1-n1c(C)nc2ccccc2c1=O. The van der Waals surface area contributed by atoms with Crippen molar-refractivity contribution >= 4 is 51.5 Å². The number of aryl methyl sites for hydroxylation is 2. The number of aromatic nitrogens is 3. The molecule has 1 saturated heterocycles. The van der Waals surface area contributed by atoms with Gasteiger partial charge in [-0.05, 0) is 74.5 Å². The summed E-state index contributed by atoms with van der Waals surface area (Å²) in [5.74, 6) is -1.46. The van der Waals surface area contributed by atoms with Crippen LogP contribution in [0.25, 0.3) is 17.0 Å². The minimum absolute atomic E-state index is 0.0406. The Bertz CT molecular complexity index is 1740. The van der Waals surface area contributed by atoms with Crippen molar-refractivity contribution in [1.29, 1.82) is 0 Å². The third-order valence-electron chi connectivity index (χ3n) is 6.16. The lowest BCUT2D eigenvalue weighted by Gasteiger charge is -2.16. The predicted octanol–water partition coefficient (Wildman–Crippen LogP) is 4.25. The van der Waals surface area contributed by atoms with Gasteiger partial charge in [0.1, 0.15) is 18.2 Å². The summed E-state index contributed by atoms with van der Waals surface area (Å²) in [5, 5.41) is 2.24. The van der Waals surface area contributed by atoms with Crippen molar-refractivity contribution in [2.45, 2.75) is 20.8 Å². The molecular weight excluding hydrogens is 509 g/mol. The molecule has 2 aromatic heterocycles. The lowest BCUT2D eigenvalue weighted by Crippen LogP contribution is -2.36. The maximum Gasteiger partial charge on any atom is 0.294 e. The van der Waals surface area contributed by atoms with E-state index in [0.717, 1.165) is 10.6 Å². The van der Waals surface area contributed by atoms with Gasteiger partial charge < -0.3 is 5.32 Å². The highest BCUT2D eigenvalue weighted by Crippen LogP contribution is 2.33. The average molecular weight is 532 g/mol. The Labute approximate surface area is 220 Å². The quantitative estimate of drug-likeness (QED) is 0.386. The van der Waals surface area contributed by atoms with Crippen LogP contribution in [0, 0.1) is 26.6 Å². The first-order valence-electron chi connectivity index (χ1n) is 11.6. The Morgan fingerprint density at radius 2 is 1.74 bits per heavy atom. The van der Waals surface area contributed by atoms with Crippen LogP contribution in [0.15, 0.2) is 64.3 Å². The van der Waals surface area contributed by atoms with E-state index in [9.17, 15) is 23.6 Å². The van der Waals surface area contributed by atoms with Crippen LogP contribution in [-0.4, -0.2) is 42.8 Å². The molecule has 11 heteroatoms. The maximum atomic E-state index is 13.8. The molecular formula is C27H22FN5O4S. The molecule has 0 aliphatic carbocycles. The van der Waals surface area contributed by atoms with Crippen molar-refractivity contribution < 1.29 is 18.8 Å². The second-order valence-corrected chi connectivity index (χ2v) is 9.72. The van der Waals surface area contributed by atoms with E-state index in [-0.39, 0.29) is 16.2 Å². The van der Waals surface area contributed by atoms with E-state index in [2.05, 4.69) is 10.3 Å². The van der Waals surface area contributed by atoms with Crippen molar-refractivity contribution in [3.63, 3.8) is 0 Å². The minimum Gasteiger partial charge on any atom is -0.322 e. The molecule has 3 heterocycles. The van der Waals surface area contributed by atoms with Crippen molar-refractivity contribution in [2.75, 3.05) is 11.9 Å². The number of hydrogen-bond donors (Lipinski definition) is 1. The number of nitrogens with one attached hydrogen (secondary N) is 1. The molecule has 0 spiro atoms. The van der Waals surface area contributed by atoms with Gasteiger partial charge in [-0.25, -0.2) is 9.37 Å². The zero-order chi connectivity index (χ0) is 27.1. The molecule has 38 heavy (non-hydrogen) atoms. The summed E-state index contributed by atoms with van der Waals surface area (Å²) in [6, 6.07) is 14.5. The van der Waals surface area contributed by atoms with Crippen LogP contribution in [0.4, 0.5) is 14.9 Å². The summed E-state index contributed by atoms with van der Waals surface area (Å²) >= 11 is 0.710. The van der Waals surface area contributed by atoms with Gasteiger partial charge >= 0.3 is 0 Å². The summed E-state index contributed by atoms with van der Waals surface area (Å²) in [6.07, 6.45) is 1.56. The molecule has 3 amide bonds. The van der Waals surface area contributed by atoms with Crippen molar-refractivity contribution in [2.24, 2.45) is 0 Å². The zero-order valence-corrected chi connectivity index (χ0v) is 21.5. The number of imide groups is 1. The summed E-state index contributed by atoms with van der Waals surface area (Å²) in [7, 11) is 0. The number of benzene rings is 2. The molecule has 1 aliphatic rings. The van der Waals surface area contributed by atoms with E-state index in [0.29, 0.717) is 39.7 Å². The van der Waals surface area contributed by atoms with Gasteiger partial charge in [0.25, 0.3) is 16.7 Å². The fraction of sp³-hybridized carbons (Fsp3) is 0.148. The third-order valence-corrected chi connectivity index (χ3v) is 7.07. The number of carbonyl (C=O) groups is 3. The smallest absolute Gasteiger partial charge is 0.294 e.